The van der Waals surface area contributed by atoms with Crippen molar-refractivity contribution < 1.29 is 4.79 Å². The Morgan fingerprint density at radius 3 is 2.88 bits per heavy atom. The first kappa shape index (κ1) is 15.4. The van der Waals surface area contributed by atoms with Crippen LogP contribution < -0.4 is 5.32 Å². The van der Waals surface area contributed by atoms with Gasteiger partial charge < -0.3 is 14.8 Å². The van der Waals surface area contributed by atoms with Crippen LogP contribution in [-0.4, -0.2) is 37.8 Å². The lowest BCUT2D eigenvalue weighted by atomic mass is 10.1. The topological polar surface area (TPSA) is 63.1 Å². The highest BCUT2D eigenvalue weighted by Gasteiger charge is 2.41. The molecule has 2 amide bonds. The van der Waals surface area contributed by atoms with E-state index in [0.29, 0.717) is 10.7 Å². The number of hydrogen-bond acceptors (Lipinski definition) is 3. The molecule has 1 fully saturated rings. The number of anilines is 1. The molecule has 1 aromatic carbocycles. The van der Waals surface area contributed by atoms with Gasteiger partial charge in [-0.25, -0.2) is 4.79 Å². The number of nitrogens with zero attached hydrogens (tertiary/aromatic N) is 4. The van der Waals surface area contributed by atoms with Crippen LogP contribution >= 0.6 is 11.6 Å². The third-order valence-electron chi connectivity index (χ3n) is 5.00. The van der Waals surface area contributed by atoms with Crippen molar-refractivity contribution in [3.8, 4) is 0 Å². The molecular weight excluding hydrogens is 326 g/mol. The Balaban J connectivity index is 1.58. The van der Waals surface area contributed by atoms with Crippen LogP contribution in [0.4, 0.5) is 10.5 Å². The highest BCUT2D eigenvalue weighted by atomic mass is 35.5. The van der Waals surface area contributed by atoms with Crippen LogP contribution in [0, 0.1) is 0 Å². The molecule has 2 aliphatic rings. The molecule has 2 atom stereocenters. The molecule has 4 rings (SSSR count). The van der Waals surface area contributed by atoms with Crippen molar-refractivity contribution in [1.82, 2.24) is 19.7 Å². The maximum Gasteiger partial charge on any atom is 0.322 e. The number of rotatable bonds is 2. The largest absolute Gasteiger partial charge is 0.322 e. The first-order valence-corrected chi connectivity index (χ1v) is 8.80. The van der Waals surface area contributed by atoms with Crippen molar-refractivity contribution in [2.24, 2.45) is 0 Å². The van der Waals surface area contributed by atoms with Gasteiger partial charge in [-0.2, -0.15) is 0 Å². The molecule has 1 N–H and O–H groups in total. The van der Waals surface area contributed by atoms with Gasteiger partial charge in [0.1, 0.15) is 11.6 Å². The second-order valence-corrected chi connectivity index (χ2v) is 6.81. The van der Waals surface area contributed by atoms with Crippen molar-refractivity contribution >= 4 is 23.3 Å². The molecule has 2 bridgehead atoms. The van der Waals surface area contributed by atoms with Crippen LogP contribution in [0.5, 0.6) is 0 Å². The van der Waals surface area contributed by atoms with Crippen LogP contribution in [-0.2, 0) is 19.4 Å². The molecule has 0 radical (unpaired) electrons. The zero-order chi connectivity index (χ0) is 16.7. The number of para-hydroxylation sites is 1. The molecule has 7 heteroatoms. The SMILES string of the molecule is CCc1nnc2n1C[C@H]1CC[C@@H](C2)N1C(=O)Nc1ccccc1Cl. The van der Waals surface area contributed by atoms with Crippen molar-refractivity contribution in [3.63, 3.8) is 0 Å². The van der Waals surface area contributed by atoms with E-state index in [0.717, 1.165) is 43.9 Å². The van der Waals surface area contributed by atoms with Gasteiger partial charge in [0.2, 0.25) is 0 Å². The van der Waals surface area contributed by atoms with Crippen molar-refractivity contribution in [1.29, 1.82) is 0 Å². The van der Waals surface area contributed by atoms with E-state index in [2.05, 4.69) is 27.0 Å². The zero-order valence-electron chi connectivity index (χ0n) is 13.6. The van der Waals surface area contributed by atoms with E-state index in [1.54, 1.807) is 6.07 Å². The normalized spacial score (nSPS) is 22.2. The molecule has 1 aromatic heterocycles. The number of halogens is 1. The van der Waals surface area contributed by atoms with E-state index in [1.165, 1.54) is 0 Å². The Labute approximate surface area is 145 Å². The van der Waals surface area contributed by atoms with Gasteiger partial charge in [-0.3, -0.25) is 0 Å². The standard InChI is InChI=1S/C17H20ClN5O/c1-2-15-20-21-16-9-11-7-8-12(10-22(15)16)23(11)17(24)19-14-6-4-3-5-13(14)18/h3-6,11-12H,2,7-10H2,1H3,(H,19,24)/t11-,12+/m0/s1. The van der Waals surface area contributed by atoms with Gasteiger partial charge in [-0.1, -0.05) is 30.7 Å². The predicted octanol–water partition coefficient (Wildman–Crippen LogP) is 3.12. The van der Waals surface area contributed by atoms with Crippen LogP contribution in [0.2, 0.25) is 5.02 Å². The Morgan fingerprint density at radius 2 is 2.08 bits per heavy atom. The number of fused-ring (bicyclic) bond motifs is 3. The van der Waals surface area contributed by atoms with Gasteiger partial charge in [-0.15, -0.1) is 10.2 Å². The number of aryl methyl sites for hydroxylation is 1. The number of carbonyl (C=O) groups is 1. The first-order chi connectivity index (χ1) is 11.7. The monoisotopic (exact) mass is 345 g/mol. The van der Waals surface area contributed by atoms with Gasteiger partial charge in [0, 0.05) is 25.4 Å². The second kappa shape index (κ2) is 6.09. The first-order valence-electron chi connectivity index (χ1n) is 8.42. The van der Waals surface area contributed by atoms with Crippen LogP contribution in [0.15, 0.2) is 24.3 Å². The molecule has 2 aliphatic heterocycles. The molecule has 1 saturated heterocycles. The van der Waals surface area contributed by atoms with E-state index in [-0.39, 0.29) is 18.1 Å². The quantitative estimate of drug-likeness (QED) is 0.909. The summed E-state index contributed by atoms with van der Waals surface area (Å²) in [4.78, 5) is 14.9. The van der Waals surface area contributed by atoms with Gasteiger partial charge in [-0.05, 0) is 25.0 Å². The van der Waals surface area contributed by atoms with Crippen molar-refractivity contribution in [3.05, 3.63) is 40.9 Å². The van der Waals surface area contributed by atoms with E-state index in [9.17, 15) is 4.79 Å². The molecule has 0 spiro atoms. The lowest BCUT2D eigenvalue weighted by Crippen LogP contribution is -2.44. The summed E-state index contributed by atoms with van der Waals surface area (Å²) in [6.07, 6.45) is 3.64. The summed E-state index contributed by atoms with van der Waals surface area (Å²) in [5.41, 5.74) is 0.654. The molecule has 0 saturated carbocycles. The second-order valence-electron chi connectivity index (χ2n) is 6.40. The fourth-order valence-corrected chi connectivity index (χ4v) is 4.01. The van der Waals surface area contributed by atoms with Gasteiger partial charge >= 0.3 is 6.03 Å². The zero-order valence-corrected chi connectivity index (χ0v) is 14.3. The minimum absolute atomic E-state index is 0.0765. The minimum Gasteiger partial charge on any atom is -0.316 e. The fourth-order valence-electron chi connectivity index (χ4n) is 3.83. The summed E-state index contributed by atoms with van der Waals surface area (Å²) in [5, 5.41) is 12.1. The Morgan fingerprint density at radius 1 is 1.29 bits per heavy atom. The number of hydrogen-bond donors (Lipinski definition) is 1. The Bertz CT molecular complexity index is 774. The third-order valence-corrected chi connectivity index (χ3v) is 5.33. The average molecular weight is 346 g/mol. The van der Waals surface area contributed by atoms with E-state index in [1.807, 2.05) is 23.1 Å². The number of carbonyl (C=O) groups excluding carboxylic acids is 1. The molecule has 2 aromatic rings. The smallest absolute Gasteiger partial charge is 0.316 e. The Kier molecular flexibility index (Phi) is 3.92. The maximum atomic E-state index is 12.9. The van der Waals surface area contributed by atoms with Crippen molar-refractivity contribution in [2.75, 3.05) is 5.32 Å². The summed E-state index contributed by atoms with van der Waals surface area (Å²) in [7, 11) is 0. The Hall–Kier alpha value is -2.08. The van der Waals surface area contributed by atoms with E-state index in [4.69, 9.17) is 11.6 Å². The molecule has 0 unspecified atom stereocenters. The summed E-state index contributed by atoms with van der Waals surface area (Å²) in [5.74, 6) is 2.00. The predicted molar refractivity (Wildman–Crippen MR) is 92.2 cm³/mol. The number of benzene rings is 1. The summed E-state index contributed by atoms with van der Waals surface area (Å²) >= 11 is 6.17. The van der Waals surface area contributed by atoms with Crippen LogP contribution in [0.1, 0.15) is 31.4 Å². The van der Waals surface area contributed by atoms with Gasteiger partial charge in [0.05, 0.1) is 16.8 Å². The lowest BCUT2D eigenvalue weighted by Gasteiger charge is -2.28. The molecule has 6 nitrogen and oxygen atoms in total. The number of nitrogens with one attached hydrogen (secondary N) is 1. The van der Waals surface area contributed by atoms with Crippen molar-refractivity contribution in [2.45, 2.75) is 51.2 Å². The molecule has 126 valence electrons. The van der Waals surface area contributed by atoms with Crippen LogP contribution in [0.3, 0.4) is 0 Å². The molecular formula is C17H20ClN5O. The maximum absolute atomic E-state index is 12.9. The number of amides is 2. The summed E-state index contributed by atoms with van der Waals surface area (Å²) in [6.45, 7) is 2.86. The summed E-state index contributed by atoms with van der Waals surface area (Å²) in [6, 6.07) is 7.60. The fraction of sp³-hybridized carbons (Fsp3) is 0.471. The van der Waals surface area contributed by atoms with Gasteiger partial charge in [0.25, 0.3) is 0 Å². The minimum atomic E-state index is -0.0765. The van der Waals surface area contributed by atoms with Gasteiger partial charge in [0.15, 0.2) is 0 Å². The third kappa shape index (κ3) is 2.55. The van der Waals surface area contributed by atoms with E-state index < -0.39 is 0 Å². The lowest BCUT2D eigenvalue weighted by molar-refractivity contribution is 0.184. The molecule has 24 heavy (non-hydrogen) atoms. The summed E-state index contributed by atoms with van der Waals surface area (Å²) < 4.78 is 2.19. The van der Waals surface area contributed by atoms with E-state index >= 15 is 0 Å². The number of aromatic nitrogens is 3. The average Bonchev–Trinajstić information content (AvgIpc) is 3.09. The van der Waals surface area contributed by atoms with Crippen LogP contribution in [0.25, 0.3) is 0 Å². The highest BCUT2D eigenvalue weighted by molar-refractivity contribution is 6.33. The molecule has 0 aliphatic carbocycles. The molecule has 3 heterocycles. The highest BCUT2D eigenvalue weighted by Crippen LogP contribution is 2.32. The number of urea groups is 1.